The zero-order valence-electron chi connectivity index (χ0n) is 17.8. The Morgan fingerprint density at radius 2 is 1.69 bits per heavy atom. The maximum absolute atomic E-state index is 13.5. The van der Waals surface area contributed by atoms with Gasteiger partial charge in [0.25, 0.3) is 11.8 Å². The number of morpholine rings is 1. The zero-order valence-corrected chi connectivity index (χ0v) is 18.6. The SMILES string of the molecule is Cc1cc(N2C(=O)c3c(C)nc4ccc(S(=O)(=O)N5CCOCC5)cc4c3C2=O)n(C)n1. The highest BCUT2D eigenvalue weighted by atomic mass is 32.2. The number of benzene rings is 1. The molecule has 32 heavy (non-hydrogen) atoms. The number of hydrogen-bond donors (Lipinski definition) is 0. The zero-order chi connectivity index (χ0) is 22.8. The van der Waals surface area contributed by atoms with Crippen molar-refractivity contribution in [2.75, 3.05) is 31.2 Å². The summed E-state index contributed by atoms with van der Waals surface area (Å²) in [5.41, 5.74) is 1.87. The minimum absolute atomic E-state index is 0.0508. The average Bonchev–Trinajstić information content (AvgIpc) is 3.23. The fraction of sp³-hybridized carbons (Fsp3) is 0.333. The molecule has 2 aromatic heterocycles. The average molecular weight is 455 g/mol. The van der Waals surface area contributed by atoms with Gasteiger partial charge in [-0.05, 0) is 32.0 Å². The predicted octanol–water partition coefficient (Wildman–Crippen LogP) is 1.41. The summed E-state index contributed by atoms with van der Waals surface area (Å²) in [6.07, 6.45) is 0. The van der Waals surface area contributed by atoms with Gasteiger partial charge in [0.15, 0.2) is 0 Å². The first-order valence-electron chi connectivity index (χ1n) is 10.1. The third-order valence-electron chi connectivity index (χ3n) is 5.79. The van der Waals surface area contributed by atoms with Gasteiger partial charge in [-0.1, -0.05) is 0 Å². The van der Waals surface area contributed by atoms with Crippen LogP contribution in [0.3, 0.4) is 0 Å². The number of fused-ring (bicyclic) bond motifs is 3. The maximum atomic E-state index is 13.5. The lowest BCUT2D eigenvalue weighted by atomic mass is 10.0. The lowest BCUT2D eigenvalue weighted by Gasteiger charge is -2.26. The first kappa shape index (κ1) is 20.7. The predicted molar refractivity (Wildman–Crippen MR) is 115 cm³/mol. The van der Waals surface area contributed by atoms with Gasteiger partial charge in [-0.15, -0.1) is 0 Å². The molecule has 1 saturated heterocycles. The number of anilines is 1. The summed E-state index contributed by atoms with van der Waals surface area (Å²) >= 11 is 0. The molecule has 5 rings (SSSR count). The standard InChI is InChI=1S/C21H21N5O5S/c1-12-10-17(24(3)23-12)26-20(27)18-13(2)22-16-5-4-14(11-15(16)19(18)21(26)28)32(29,30)25-6-8-31-9-7-25/h4-5,10-11H,6-9H2,1-3H3. The molecular weight excluding hydrogens is 434 g/mol. The fourth-order valence-electron chi connectivity index (χ4n) is 4.28. The summed E-state index contributed by atoms with van der Waals surface area (Å²) < 4.78 is 34.4. The maximum Gasteiger partial charge on any atom is 0.269 e. The van der Waals surface area contributed by atoms with Crippen molar-refractivity contribution in [3.8, 4) is 0 Å². The van der Waals surface area contributed by atoms with Crippen LogP contribution in [-0.4, -0.2) is 65.6 Å². The molecule has 2 aliphatic heterocycles. The van der Waals surface area contributed by atoms with E-state index < -0.39 is 21.8 Å². The second-order valence-electron chi connectivity index (χ2n) is 7.86. The van der Waals surface area contributed by atoms with Crippen LogP contribution in [0.15, 0.2) is 29.2 Å². The van der Waals surface area contributed by atoms with Crippen LogP contribution >= 0.6 is 0 Å². The number of rotatable bonds is 3. The van der Waals surface area contributed by atoms with E-state index in [9.17, 15) is 18.0 Å². The van der Waals surface area contributed by atoms with Crippen molar-refractivity contribution in [3.63, 3.8) is 0 Å². The van der Waals surface area contributed by atoms with Crippen molar-refractivity contribution < 1.29 is 22.7 Å². The number of imide groups is 1. The molecule has 2 amide bonds. The molecule has 1 aromatic carbocycles. The number of nitrogens with zero attached hydrogens (tertiary/aromatic N) is 5. The van der Waals surface area contributed by atoms with E-state index in [2.05, 4.69) is 10.1 Å². The molecule has 0 bridgehead atoms. The Morgan fingerprint density at radius 3 is 2.34 bits per heavy atom. The van der Waals surface area contributed by atoms with E-state index >= 15 is 0 Å². The minimum atomic E-state index is -3.78. The number of amides is 2. The molecule has 3 aromatic rings. The molecule has 4 heterocycles. The van der Waals surface area contributed by atoms with E-state index in [1.807, 2.05) is 0 Å². The van der Waals surface area contributed by atoms with Gasteiger partial charge in [0.05, 0.1) is 46.1 Å². The van der Waals surface area contributed by atoms with Crippen LogP contribution in [0.2, 0.25) is 0 Å². The molecule has 0 saturated carbocycles. The summed E-state index contributed by atoms with van der Waals surface area (Å²) in [5.74, 6) is -0.677. The van der Waals surface area contributed by atoms with Crippen molar-refractivity contribution >= 4 is 38.6 Å². The Balaban J connectivity index is 1.69. The van der Waals surface area contributed by atoms with Gasteiger partial charge in [-0.3, -0.25) is 19.3 Å². The van der Waals surface area contributed by atoms with Gasteiger partial charge in [-0.25, -0.2) is 13.3 Å². The Labute approximate surface area is 184 Å². The molecule has 2 aliphatic rings. The van der Waals surface area contributed by atoms with Crippen molar-refractivity contribution in [1.29, 1.82) is 0 Å². The minimum Gasteiger partial charge on any atom is -0.379 e. The highest BCUT2D eigenvalue weighted by Gasteiger charge is 2.41. The van der Waals surface area contributed by atoms with Crippen molar-refractivity contribution in [2.24, 2.45) is 7.05 Å². The summed E-state index contributed by atoms with van der Waals surface area (Å²) in [5, 5.41) is 4.56. The smallest absolute Gasteiger partial charge is 0.269 e. The van der Waals surface area contributed by atoms with Crippen LogP contribution in [0, 0.1) is 13.8 Å². The molecule has 0 aliphatic carbocycles. The van der Waals surface area contributed by atoms with Crippen LogP contribution in [0.1, 0.15) is 32.1 Å². The fourth-order valence-corrected chi connectivity index (χ4v) is 5.71. The molecule has 0 atom stereocenters. The molecule has 0 radical (unpaired) electrons. The molecule has 0 N–H and O–H groups in total. The van der Waals surface area contributed by atoms with E-state index in [0.717, 1.165) is 4.90 Å². The first-order chi connectivity index (χ1) is 15.2. The van der Waals surface area contributed by atoms with E-state index in [1.54, 1.807) is 33.0 Å². The van der Waals surface area contributed by atoms with Crippen LogP contribution < -0.4 is 4.90 Å². The summed E-state index contributed by atoms with van der Waals surface area (Å²) in [6, 6.07) is 6.15. The third kappa shape index (κ3) is 2.96. The number of hydrogen-bond acceptors (Lipinski definition) is 7. The molecule has 10 nitrogen and oxygen atoms in total. The number of ether oxygens (including phenoxy) is 1. The van der Waals surface area contributed by atoms with Crippen molar-refractivity contribution in [2.45, 2.75) is 18.7 Å². The van der Waals surface area contributed by atoms with Crippen LogP contribution in [-0.2, 0) is 21.8 Å². The van der Waals surface area contributed by atoms with E-state index in [1.165, 1.54) is 21.1 Å². The van der Waals surface area contributed by atoms with Crippen LogP contribution in [0.5, 0.6) is 0 Å². The summed E-state index contributed by atoms with van der Waals surface area (Å²) in [6.45, 7) is 4.61. The highest BCUT2D eigenvalue weighted by Crippen LogP contribution is 2.35. The van der Waals surface area contributed by atoms with Gasteiger partial charge >= 0.3 is 0 Å². The Hall–Kier alpha value is -3.15. The quantitative estimate of drug-likeness (QED) is 0.549. The molecule has 11 heteroatoms. The lowest BCUT2D eigenvalue weighted by Crippen LogP contribution is -2.40. The number of carbonyl (C=O) groups excluding carboxylic acids is 2. The topological polar surface area (TPSA) is 115 Å². The van der Waals surface area contributed by atoms with Gasteiger partial charge in [-0.2, -0.15) is 9.40 Å². The number of sulfonamides is 1. The molecule has 166 valence electrons. The van der Waals surface area contributed by atoms with Gasteiger partial charge in [0, 0.05) is 31.6 Å². The van der Waals surface area contributed by atoms with Gasteiger partial charge < -0.3 is 4.74 Å². The molecule has 1 fully saturated rings. The number of aromatic nitrogens is 3. The largest absolute Gasteiger partial charge is 0.379 e. The van der Waals surface area contributed by atoms with Crippen LogP contribution in [0.25, 0.3) is 10.9 Å². The Kier molecular flexibility index (Phi) is 4.66. The normalized spacial score (nSPS) is 17.4. The van der Waals surface area contributed by atoms with E-state index in [-0.39, 0.29) is 29.1 Å². The van der Waals surface area contributed by atoms with E-state index in [4.69, 9.17) is 4.74 Å². The van der Waals surface area contributed by atoms with Crippen LogP contribution in [0.4, 0.5) is 5.82 Å². The third-order valence-corrected chi connectivity index (χ3v) is 7.68. The monoisotopic (exact) mass is 455 g/mol. The number of aryl methyl sites for hydroxylation is 3. The van der Waals surface area contributed by atoms with Gasteiger partial charge in [0.2, 0.25) is 10.0 Å². The van der Waals surface area contributed by atoms with Crippen molar-refractivity contribution in [3.05, 3.63) is 46.8 Å². The Morgan fingerprint density at radius 1 is 1.00 bits per heavy atom. The number of pyridine rings is 1. The van der Waals surface area contributed by atoms with E-state index in [0.29, 0.717) is 41.3 Å². The highest BCUT2D eigenvalue weighted by molar-refractivity contribution is 7.89. The van der Waals surface area contributed by atoms with Crippen molar-refractivity contribution in [1.82, 2.24) is 19.1 Å². The lowest BCUT2D eigenvalue weighted by molar-refractivity contribution is 0.0730. The second kappa shape index (κ2) is 7.19. The molecule has 0 spiro atoms. The number of carbonyl (C=O) groups is 2. The van der Waals surface area contributed by atoms with Gasteiger partial charge in [0.1, 0.15) is 5.82 Å². The summed E-state index contributed by atoms with van der Waals surface area (Å²) in [4.78, 5) is 32.3. The summed E-state index contributed by atoms with van der Waals surface area (Å²) in [7, 11) is -2.12. The first-order valence-corrected chi connectivity index (χ1v) is 11.6. The Bertz CT molecular complexity index is 1410. The molecule has 0 unspecified atom stereocenters. The second-order valence-corrected chi connectivity index (χ2v) is 9.79. The molecular formula is C21H21N5O5S.